The fraction of sp³-hybridized carbons (Fsp3) is 0.500. The van der Waals surface area contributed by atoms with Crippen LogP contribution in [-0.2, 0) is 14.8 Å². The van der Waals surface area contributed by atoms with Crippen molar-refractivity contribution in [2.24, 2.45) is 5.14 Å². The SMILES string of the molecule is CCCC1(C(=O)Nc2ccc(S(N)(=O)=O)cc2)CCCN1. The van der Waals surface area contributed by atoms with Crippen LogP contribution in [0.15, 0.2) is 29.2 Å². The molecule has 4 N–H and O–H groups in total. The first-order chi connectivity index (χ1) is 9.87. The van der Waals surface area contributed by atoms with Gasteiger partial charge in [0, 0.05) is 5.69 Å². The fourth-order valence-corrected chi connectivity index (χ4v) is 3.25. The van der Waals surface area contributed by atoms with Gasteiger partial charge in [0.05, 0.1) is 10.4 Å². The molecule has 0 aromatic heterocycles. The van der Waals surface area contributed by atoms with E-state index in [4.69, 9.17) is 5.14 Å². The molecule has 0 spiro atoms. The Morgan fingerprint density at radius 3 is 2.52 bits per heavy atom. The van der Waals surface area contributed by atoms with E-state index in [1.807, 2.05) is 0 Å². The van der Waals surface area contributed by atoms with Crippen LogP contribution >= 0.6 is 0 Å². The lowest BCUT2D eigenvalue weighted by Gasteiger charge is -2.27. The number of nitrogens with two attached hydrogens (primary N) is 1. The van der Waals surface area contributed by atoms with Gasteiger partial charge in [0.15, 0.2) is 0 Å². The number of rotatable bonds is 5. The summed E-state index contributed by atoms with van der Waals surface area (Å²) < 4.78 is 22.4. The normalized spacial score (nSPS) is 22.2. The third-order valence-electron chi connectivity index (χ3n) is 3.80. The third-order valence-corrected chi connectivity index (χ3v) is 4.73. The Hall–Kier alpha value is -1.44. The first kappa shape index (κ1) is 15.9. The van der Waals surface area contributed by atoms with E-state index in [2.05, 4.69) is 17.6 Å². The van der Waals surface area contributed by atoms with Crippen LogP contribution in [-0.4, -0.2) is 26.4 Å². The monoisotopic (exact) mass is 311 g/mol. The summed E-state index contributed by atoms with van der Waals surface area (Å²) in [4.78, 5) is 12.5. The van der Waals surface area contributed by atoms with E-state index in [1.165, 1.54) is 12.1 Å². The van der Waals surface area contributed by atoms with Crippen LogP contribution < -0.4 is 15.8 Å². The van der Waals surface area contributed by atoms with E-state index >= 15 is 0 Å². The number of nitrogens with one attached hydrogen (secondary N) is 2. The molecule has 7 heteroatoms. The van der Waals surface area contributed by atoms with Gasteiger partial charge < -0.3 is 10.6 Å². The molecule has 1 aromatic carbocycles. The molecule has 116 valence electrons. The summed E-state index contributed by atoms with van der Waals surface area (Å²) in [7, 11) is -3.71. The van der Waals surface area contributed by atoms with Gasteiger partial charge in [-0.2, -0.15) is 0 Å². The number of hydrogen-bond acceptors (Lipinski definition) is 4. The van der Waals surface area contributed by atoms with Crippen LogP contribution in [0.4, 0.5) is 5.69 Å². The number of amides is 1. The molecular weight excluding hydrogens is 290 g/mol. The lowest BCUT2D eigenvalue weighted by atomic mass is 9.91. The van der Waals surface area contributed by atoms with Gasteiger partial charge in [0.25, 0.3) is 0 Å². The minimum atomic E-state index is -3.71. The highest BCUT2D eigenvalue weighted by molar-refractivity contribution is 7.89. The molecule has 1 atom stereocenters. The number of benzene rings is 1. The van der Waals surface area contributed by atoms with Crippen LogP contribution in [0.3, 0.4) is 0 Å². The second-order valence-electron chi connectivity index (χ2n) is 5.39. The molecule has 1 unspecified atom stereocenters. The zero-order valence-electron chi connectivity index (χ0n) is 12.1. The first-order valence-electron chi connectivity index (χ1n) is 7.07. The quantitative estimate of drug-likeness (QED) is 0.760. The van der Waals surface area contributed by atoms with Crippen LogP contribution in [0.25, 0.3) is 0 Å². The van der Waals surface area contributed by atoms with Gasteiger partial charge in [-0.3, -0.25) is 4.79 Å². The minimum absolute atomic E-state index is 0.0303. The largest absolute Gasteiger partial charge is 0.324 e. The van der Waals surface area contributed by atoms with Gasteiger partial charge in [-0.05, 0) is 50.1 Å². The fourth-order valence-electron chi connectivity index (χ4n) is 2.73. The predicted octanol–water partition coefficient (Wildman–Crippen LogP) is 1.19. The van der Waals surface area contributed by atoms with E-state index in [1.54, 1.807) is 12.1 Å². The molecule has 0 bridgehead atoms. The van der Waals surface area contributed by atoms with Crippen molar-refractivity contribution in [2.45, 2.75) is 43.0 Å². The van der Waals surface area contributed by atoms with Gasteiger partial charge in [-0.1, -0.05) is 13.3 Å². The highest BCUT2D eigenvalue weighted by Gasteiger charge is 2.39. The average molecular weight is 311 g/mol. The number of sulfonamides is 1. The van der Waals surface area contributed by atoms with Gasteiger partial charge in [0.2, 0.25) is 15.9 Å². The molecule has 1 aliphatic heterocycles. The lowest BCUT2D eigenvalue weighted by Crippen LogP contribution is -2.50. The summed E-state index contributed by atoms with van der Waals surface area (Å²) in [6.07, 6.45) is 3.51. The molecule has 1 aliphatic rings. The Morgan fingerprint density at radius 1 is 1.38 bits per heavy atom. The summed E-state index contributed by atoms with van der Waals surface area (Å²) in [5, 5.41) is 11.2. The molecule has 1 aromatic rings. The number of carbonyl (C=O) groups is 1. The third kappa shape index (κ3) is 3.61. The van der Waals surface area contributed by atoms with Gasteiger partial charge in [-0.25, -0.2) is 13.6 Å². The minimum Gasteiger partial charge on any atom is -0.324 e. The van der Waals surface area contributed by atoms with Gasteiger partial charge in [-0.15, -0.1) is 0 Å². The van der Waals surface area contributed by atoms with Crippen molar-refractivity contribution in [2.75, 3.05) is 11.9 Å². The molecule has 0 saturated carbocycles. The maximum atomic E-state index is 12.5. The topological polar surface area (TPSA) is 101 Å². The maximum absolute atomic E-state index is 12.5. The Labute approximate surface area is 125 Å². The number of hydrogen-bond donors (Lipinski definition) is 3. The molecule has 6 nitrogen and oxygen atoms in total. The summed E-state index contributed by atoms with van der Waals surface area (Å²) in [6, 6.07) is 5.87. The summed E-state index contributed by atoms with van der Waals surface area (Å²) in [5.74, 6) is -0.0646. The Balaban J connectivity index is 2.12. The Morgan fingerprint density at radius 2 is 2.05 bits per heavy atom. The molecule has 2 rings (SSSR count). The Kier molecular flexibility index (Phi) is 4.65. The van der Waals surface area contributed by atoms with Crippen molar-refractivity contribution < 1.29 is 13.2 Å². The lowest BCUT2D eigenvalue weighted by molar-refractivity contribution is -0.122. The van der Waals surface area contributed by atoms with Gasteiger partial charge >= 0.3 is 0 Å². The maximum Gasteiger partial charge on any atom is 0.244 e. The van der Waals surface area contributed by atoms with Crippen molar-refractivity contribution >= 4 is 21.6 Å². The first-order valence-corrected chi connectivity index (χ1v) is 8.61. The summed E-state index contributed by atoms with van der Waals surface area (Å²) in [6.45, 7) is 2.90. The number of carbonyl (C=O) groups excluding carboxylic acids is 1. The van der Waals surface area contributed by atoms with E-state index in [9.17, 15) is 13.2 Å². The zero-order valence-corrected chi connectivity index (χ0v) is 12.9. The van der Waals surface area contributed by atoms with E-state index < -0.39 is 15.6 Å². The highest BCUT2D eigenvalue weighted by Crippen LogP contribution is 2.26. The van der Waals surface area contributed by atoms with Crippen molar-refractivity contribution in [3.63, 3.8) is 0 Å². The van der Waals surface area contributed by atoms with Crippen molar-refractivity contribution in [1.82, 2.24) is 5.32 Å². The van der Waals surface area contributed by atoms with Crippen molar-refractivity contribution in [3.8, 4) is 0 Å². The number of anilines is 1. The summed E-state index contributed by atoms with van der Waals surface area (Å²) in [5.41, 5.74) is 0.0597. The molecule has 0 radical (unpaired) electrons. The van der Waals surface area contributed by atoms with Crippen LogP contribution in [0.1, 0.15) is 32.6 Å². The van der Waals surface area contributed by atoms with Crippen LogP contribution in [0.5, 0.6) is 0 Å². The highest BCUT2D eigenvalue weighted by atomic mass is 32.2. The number of primary sulfonamides is 1. The molecule has 1 saturated heterocycles. The predicted molar refractivity (Wildman–Crippen MR) is 81.3 cm³/mol. The zero-order chi connectivity index (χ0) is 15.5. The van der Waals surface area contributed by atoms with Crippen LogP contribution in [0.2, 0.25) is 0 Å². The van der Waals surface area contributed by atoms with Gasteiger partial charge in [0.1, 0.15) is 0 Å². The molecule has 1 heterocycles. The van der Waals surface area contributed by atoms with E-state index in [0.29, 0.717) is 5.69 Å². The van der Waals surface area contributed by atoms with E-state index in [-0.39, 0.29) is 10.8 Å². The van der Waals surface area contributed by atoms with Crippen molar-refractivity contribution in [3.05, 3.63) is 24.3 Å². The second kappa shape index (κ2) is 6.13. The molecule has 21 heavy (non-hydrogen) atoms. The molecule has 1 fully saturated rings. The van der Waals surface area contributed by atoms with Crippen LogP contribution in [0, 0.1) is 0 Å². The second-order valence-corrected chi connectivity index (χ2v) is 6.95. The molecular formula is C14H21N3O3S. The molecule has 0 aliphatic carbocycles. The average Bonchev–Trinajstić information content (AvgIpc) is 2.89. The van der Waals surface area contributed by atoms with Crippen molar-refractivity contribution in [1.29, 1.82) is 0 Å². The van der Waals surface area contributed by atoms with E-state index in [0.717, 1.165) is 32.2 Å². The summed E-state index contributed by atoms with van der Waals surface area (Å²) >= 11 is 0. The molecule has 1 amide bonds. The Bertz CT molecular complexity index is 605. The standard InChI is InChI=1S/C14H21N3O3S/c1-2-8-14(9-3-10-16-14)13(18)17-11-4-6-12(7-5-11)21(15,19)20/h4-7,16H,2-3,8-10H2,1H3,(H,17,18)(H2,15,19,20). The smallest absolute Gasteiger partial charge is 0.244 e.